The largest absolute Gasteiger partial charge is 0.417 e. The molecule has 1 aliphatic rings. The van der Waals surface area contributed by atoms with E-state index in [1.807, 2.05) is 0 Å². The van der Waals surface area contributed by atoms with Crippen molar-refractivity contribution in [3.05, 3.63) is 22.3 Å². The number of pyridine rings is 1. The second-order valence-corrected chi connectivity index (χ2v) is 5.30. The molecule has 0 radical (unpaired) electrons. The van der Waals surface area contributed by atoms with E-state index in [0.29, 0.717) is 19.0 Å². The fourth-order valence-electron chi connectivity index (χ4n) is 1.98. The summed E-state index contributed by atoms with van der Waals surface area (Å²) in [7, 11) is 1.50. The number of likely N-dealkylation sites (N-methyl/N-ethyl adjacent to an activating group) is 1. The van der Waals surface area contributed by atoms with Crippen molar-refractivity contribution in [2.24, 2.45) is 0 Å². The molecule has 1 aromatic heterocycles. The molecule has 5 nitrogen and oxygen atoms in total. The normalized spacial score (nSPS) is 19.5. The number of alkyl halides is 3. The van der Waals surface area contributed by atoms with Crippen molar-refractivity contribution in [2.75, 3.05) is 31.6 Å². The number of nitrogens with one attached hydrogen (secondary N) is 1. The van der Waals surface area contributed by atoms with Crippen molar-refractivity contribution in [3.8, 4) is 0 Å². The topological polar surface area (TPSA) is 54.5 Å². The molecular weight excluding hydrogens is 355 g/mol. The fraction of sp³-hybridized carbons (Fsp3) is 0.500. The van der Waals surface area contributed by atoms with E-state index in [1.165, 1.54) is 7.05 Å². The Kier molecular flexibility index (Phi) is 4.72. The van der Waals surface area contributed by atoms with Gasteiger partial charge in [0, 0.05) is 19.8 Å². The van der Waals surface area contributed by atoms with Gasteiger partial charge in [-0.3, -0.25) is 4.79 Å². The summed E-state index contributed by atoms with van der Waals surface area (Å²) in [6.45, 7) is 0.980. The van der Waals surface area contributed by atoms with Gasteiger partial charge in [0.25, 0.3) is 5.91 Å². The first kappa shape index (κ1) is 16.0. The average Bonchev–Trinajstić information content (AvgIpc) is 2.45. The number of morpholine rings is 1. The third-order valence-electron chi connectivity index (χ3n) is 3.05. The number of amides is 1. The Balaban J connectivity index is 2.20. The van der Waals surface area contributed by atoms with Crippen LogP contribution in [0.3, 0.4) is 0 Å². The van der Waals surface area contributed by atoms with Crippen LogP contribution >= 0.6 is 15.9 Å². The molecule has 21 heavy (non-hydrogen) atoms. The molecule has 2 heterocycles. The van der Waals surface area contributed by atoms with Crippen molar-refractivity contribution >= 4 is 27.7 Å². The zero-order chi connectivity index (χ0) is 15.6. The Morgan fingerprint density at radius 2 is 2.29 bits per heavy atom. The molecule has 1 atom stereocenters. The third-order valence-corrected chi connectivity index (χ3v) is 3.64. The van der Waals surface area contributed by atoms with Gasteiger partial charge >= 0.3 is 6.18 Å². The summed E-state index contributed by atoms with van der Waals surface area (Å²) in [5.74, 6) is 0.0861. The first-order valence-electron chi connectivity index (χ1n) is 6.14. The minimum absolute atomic E-state index is 0.231. The van der Waals surface area contributed by atoms with Crippen LogP contribution in [0, 0.1) is 0 Å². The standard InChI is InChI=1S/C12H13BrF3N3O2/c1-17-11(20)9-6-19(2-3-21-9)10-8(13)4-7(5-18-10)12(14,15)16/h4-5,9H,2-3,6H2,1H3,(H,17,20). The van der Waals surface area contributed by atoms with Crippen LogP contribution in [0.15, 0.2) is 16.7 Å². The lowest BCUT2D eigenvalue weighted by molar-refractivity contribution is -0.137. The highest BCUT2D eigenvalue weighted by atomic mass is 79.9. The van der Waals surface area contributed by atoms with Crippen molar-refractivity contribution in [1.82, 2.24) is 10.3 Å². The molecular formula is C12H13BrF3N3O2. The summed E-state index contributed by atoms with van der Waals surface area (Å²) >= 11 is 3.10. The van der Waals surface area contributed by atoms with Gasteiger partial charge in [0.1, 0.15) is 5.82 Å². The molecule has 0 saturated carbocycles. The number of rotatable bonds is 2. The summed E-state index contributed by atoms with van der Waals surface area (Å²) in [5.41, 5.74) is -0.825. The summed E-state index contributed by atoms with van der Waals surface area (Å²) < 4.78 is 43.4. The summed E-state index contributed by atoms with van der Waals surface area (Å²) in [4.78, 5) is 17.1. The molecule has 0 bridgehead atoms. The Bertz CT molecular complexity index is 539. The number of aromatic nitrogens is 1. The van der Waals surface area contributed by atoms with E-state index < -0.39 is 17.8 Å². The maximum Gasteiger partial charge on any atom is 0.417 e. The SMILES string of the molecule is CNC(=O)C1CN(c2ncc(C(F)(F)F)cc2Br)CCO1. The van der Waals surface area contributed by atoms with Crippen LogP contribution in [-0.2, 0) is 15.7 Å². The minimum Gasteiger partial charge on any atom is -0.365 e. The van der Waals surface area contributed by atoms with E-state index in [4.69, 9.17) is 4.74 Å². The second kappa shape index (κ2) is 6.18. The number of carbonyl (C=O) groups is 1. The molecule has 1 aliphatic heterocycles. The van der Waals surface area contributed by atoms with E-state index in [0.717, 1.165) is 12.3 Å². The highest BCUT2D eigenvalue weighted by Crippen LogP contribution is 2.34. The van der Waals surface area contributed by atoms with Crippen LogP contribution in [0.1, 0.15) is 5.56 Å². The number of carbonyl (C=O) groups excluding carboxylic acids is 1. The predicted octanol–water partition coefficient (Wildman–Crippen LogP) is 1.81. The van der Waals surface area contributed by atoms with Crippen molar-refractivity contribution in [2.45, 2.75) is 12.3 Å². The van der Waals surface area contributed by atoms with Crippen LogP contribution in [0.5, 0.6) is 0 Å². The maximum absolute atomic E-state index is 12.6. The fourth-order valence-corrected chi connectivity index (χ4v) is 2.58. The van der Waals surface area contributed by atoms with E-state index >= 15 is 0 Å². The molecule has 1 aromatic rings. The molecule has 1 amide bonds. The maximum atomic E-state index is 12.6. The van der Waals surface area contributed by atoms with Crippen LogP contribution in [0.25, 0.3) is 0 Å². The highest BCUT2D eigenvalue weighted by Gasteiger charge is 2.33. The van der Waals surface area contributed by atoms with Crippen molar-refractivity contribution < 1.29 is 22.7 Å². The third kappa shape index (κ3) is 3.65. The lowest BCUT2D eigenvalue weighted by Crippen LogP contribution is -2.49. The van der Waals surface area contributed by atoms with Gasteiger partial charge < -0.3 is 15.0 Å². The smallest absolute Gasteiger partial charge is 0.365 e. The molecule has 2 rings (SSSR count). The van der Waals surface area contributed by atoms with E-state index in [2.05, 4.69) is 26.2 Å². The zero-order valence-electron chi connectivity index (χ0n) is 11.1. The predicted molar refractivity (Wildman–Crippen MR) is 73.0 cm³/mol. The number of hydrogen-bond donors (Lipinski definition) is 1. The summed E-state index contributed by atoms with van der Waals surface area (Å²) in [6.07, 6.45) is -4.33. The molecule has 1 N–H and O–H groups in total. The quantitative estimate of drug-likeness (QED) is 0.866. The molecule has 1 saturated heterocycles. The Morgan fingerprint density at radius 3 is 2.86 bits per heavy atom. The number of hydrogen-bond acceptors (Lipinski definition) is 4. The Labute approximate surface area is 127 Å². The van der Waals surface area contributed by atoms with Crippen LogP contribution in [0.2, 0.25) is 0 Å². The van der Waals surface area contributed by atoms with E-state index in [9.17, 15) is 18.0 Å². The van der Waals surface area contributed by atoms with Gasteiger partial charge in [0.05, 0.1) is 23.2 Å². The van der Waals surface area contributed by atoms with Gasteiger partial charge in [-0.15, -0.1) is 0 Å². The highest BCUT2D eigenvalue weighted by molar-refractivity contribution is 9.10. The number of anilines is 1. The number of nitrogens with zero attached hydrogens (tertiary/aromatic N) is 2. The van der Waals surface area contributed by atoms with E-state index in [-0.39, 0.29) is 16.9 Å². The number of halogens is 4. The van der Waals surface area contributed by atoms with E-state index in [1.54, 1.807) is 4.90 Å². The lowest BCUT2D eigenvalue weighted by atomic mass is 10.2. The molecule has 9 heteroatoms. The molecule has 0 aromatic carbocycles. The molecule has 0 aliphatic carbocycles. The molecule has 0 spiro atoms. The first-order valence-corrected chi connectivity index (χ1v) is 6.93. The van der Waals surface area contributed by atoms with Gasteiger partial charge in [0.15, 0.2) is 6.10 Å². The van der Waals surface area contributed by atoms with Crippen LogP contribution in [0.4, 0.5) is 19.0 Å². The van der Waals surface area contributed by atoms with Crippen molar-refractivity contribution in [1.29, 1.82) is 0 Å². The molecule has 1 fully saturated rings. The lowest BCUT2D eigenvalue weighted by Gasteiger charge is -2.33. The average molecular weight is 368 g/mol. The van der Waals surface area contributed by atoms with Gasteiger partial charge in [-0.05, 0) is 22.0 Å². The summed E-state index contributed by atoms with van der Waals surface area (Å²) in [5, 5.41) is 2.48. The monoisotopic (exact) mass is 367 g/mol. The van der Waals surface area contributed by atoms with Gasteiger partial charge in [-0.2, -0.15) is 13.2 Å². The van der Waals surface area contributed by atoms with Gasteiger partial charge in [-0.25, -0.2) is 4.98 Å². The Hall–Kier alpha value is -1.35. The first-order chi connectivity index (χ1) is 9.82. The van der Waals surface area contributed by atoms with Crippen molar-refractivity contribution in [3.63, 3.8) is 0 Å². The van der Waals surface area contributed by atoms with Gasteiger partial charge in [0.2, 0.25) is 0 Å². The van der Waals surface area contributed by atoms with Crippen LogP contribution in [-0.4, -0.2) is 43.7 Å². The zero-order valence-corrected chi connectivity index (χ0v) is 12.7. The summed E-state index contributed by atoms with van der Waals surface area (Å²) in [6, 6.07) is 0.979. The van der Waals surface area contributed by atoms with Gasteiger partial charge in [-0.1, -0.05) is 0 Å². The Morgan fingerprint density at radius 1 is 1.57 bits per heavy atom. The second-order valence-electron chi connectivity index (χ2n) is 4.45. The molecule has 116 valence electrons. The molecule has 1 unspecified atom stereocenters. The minimum atomic E-state index is -4.44. The van der Waals surface area contributed by atoms with Crippen LogP contribution < -0.4 is 10.2 Å². The number of ether oxygens (including phenoxy) is 1.